The van der Waals surface area contributed by atoms with E-state index in [1.807, 2.05) is 6.20 Å². The van der Waals surface area contributed by atoms with Gasteiger partial charge in [-0.05, 0) is 31.4 Å². The van der Waals surface area contributed by atoms with Crippen LogP contribution in [0.25, 0.3) is 10.9 Å². The molecule has 2 fully saturated rings. The smallest absolute Gasteiger partial charge is 0.263 e. The number of hydrogen-bond acceptors (Lipinski definition) is 8. The summed E-state index contributed by atoms with van der Waals surface area (Å²) in [5.41, 5.74) is 0.708. The normalized spacial score (nSPS) is 19.0. The lowest BCUT2D eigenvalue weighted by molar-refractivity contribution is -0.135. The first-order valence-corrected chi connectivity index (χ1v) is 11.9. The average molecular weight is 478 g/mol. The van der Waals surface area contributed by atoms with Crippen LogP contribution in [0.15, 0.2) is 29.2 Å². The molecule has 2 saturated heterocycles. The van der Waals surface area contributed by atoms with E-state index in [-0.39, 0.29) is 24.3 Å². The van der Waals surface area contributed by atoms with Crippen molar-refractivity contribution in [2.24, 2.45) is 0 Å². The summed E-state index contributed by atoms with van der Waals surface area (Å²) in [6, 6.07) is 4.56. The fourth-order valence-corrected chi connectivity index (χ4v) is 5.10. The van der Waals surface area contributed by atoms with Gasteiger partial charge in [-0.15, -0.1) is 11.3 Å². The standard InChI is InChI=1S/C24H23N5O4S/c1-15-26-18-4-2-3-16(22(18)24(32)29(15)19-6-7-20(30)27-23(19)31)5-8-21-25-13-17(34-21)14-28-9-11-33-12-10-28/h2-4,13,19H,6-7,9-12,14H2,1H3,(H,27,30,31). The second-order valence-corrected chi connectivity index (χ2v) is 9.39. The number of rotatable bonds is 3. The third-order valence-electron chi connectivity index (χ3n) is 5.97. The predicted octanol–water partition coefficient (Wildman–Crippen LogP) is 1.37. The summed E-state index contributed by atoms with van der Waals surface area (Å²) in [6.45, 7) is 5.81. The molecule has 34 heavy (non-hydrogen) atoms. The number of nitrogens with zero attached hydrogens (tertiary/aromatic N) is 4. The van der Waals surface area contributed by atoms with E-state index in [2.05, 4.69) is 32.0 Å². The number of morpholine rings is 1. The minimum Gasteiger partial charge on any atom is -0.379 e. The molecule has 5 rings (SSSR count). The van der Waals surface area contributed by atoms with Crippen molar-refractivity contribution in [2.75, 3.05) is 26.3 Å². The highest BCUT2D eigenvalue weighted by atomic mass is 32.1. The quantitative estimate of drug-likeness (QED) is 0.449. The van der Waals surface area contributed by atoms with Gasteiger partial charge in [0.25, 0.3) is 5.56 Å². The summed E-state index contributed by atoms with van der Waals surface area (Å²) in [5.74, 6) is 5.77. The predicted molar refractivity (Wildman–Crippen MR) is 126 cm³/mol. The molecule has 4 heterocycles. The molecule has 1 aromatic carbocycles. The van der Waals surface area contributed by atoms with Gasteiger partial charge in [-0.2, -0.15) is 0 Å². The number of aryl methyl sites for hydroxylation is 1. The maximum Gasteiger partial charge on any atom is 0.263 e. The molecule has 2 amide bonds. The van der Waals surface area contributed by atoms with Gasteiger partial charge in [0.15, 0.2) is 5.01 Å². The van der Waals surface area contributed by atoms with Crippen molar-refractivity contribution in [1.29, 1.82) is 0 Å². The molecular formula is C24H23N5O4S. The highest BCUT2D eigenvalue weighted by Crippen LogP contribution is 2.21. The Morgan fingerprint density at radius 1 is 1.21 bits per heavy atom. The van der Waals surface area contributed by atoms with Crippen LogP contribution in [-0.4, -0.2) is 57.6 Å². The summed E-state index contributed by atoms with van der Waals surface area (Å²) in [7, 11) is 0. The maximum absolute atomic E-state index is 13.5. The zero-order valence-electron chi connectivity index (χ0n) is 18.7. The van der Waals surface area contributed by atoms with Crippen LogP contribution in [0, 0.1) is 18.8 Å². The van der Waals surface area contributed by atoms with Gasteiger partial charge >= 0.3 is 0 Å². The lowest BCUT2D eigenvalue weighted by Gasteiger charge is -2.25. The third kappa shape index (κ3) is 4.50. The number of carbonyl (C=O) groups excluding carboxylic acids is 2. The van der Waals surface area contributed by atoms with Crippen LogP contribution in [0.4, 0.5) is 0 Å². The average Bonchev–Trinajstić information content (AvgIpc) is 3.26. The van der Waals surface area contributed by atoms with E-state index >= 15 is 0 Å². The molecule has 0 aliphatic carbocycles. The first-order valence-electron chi connectivity index (χ1n) is 11.1. The van der Waals surface area contributed by atoms with Crippen LogP contribution in [0.5, 0.6) is 0 Å². The first kappa shape index (κ1) is 22.4. The lowest BCUT2D eigenvalue weighted by atomic mass is 10.0. The summed E-state index contributed by atoms with van der Waals surface area (Å²) >= 11 is 1.53. The molecule has 2 aliphatic rings. The molecule has 2 aromatic heterocycles. The zero-order chi connectivity index (χ0) is 23.7. The van der Waals surface area contributed by atoms with Crippen LogP contribution in [0.1, 0.15) is 40.2 Å². The molecule has 0 spiro atoms. The van der Waals surface area contributed by atoms with Crippen LogP contribution in [0.3, 0.4) is 0 Å². The first-order chi connectivity index (χ1) is 16.5. The van der Waals surface area contributed by atoms with Crippen molar-refractivity contribution in [2.45, 2.75) is 32.4 Å². The Labute approximate surface area is 199 Å². The van der Waals surface area contributed by atoms with Crippen LogP contribution < -0.4 is 10.9 Å². The molecular weight excluding hydrogens is 454 g/mol. The third-order valence-corrected chi connectivity index (χ3v) is 6.87. The number of carbonyl (C=O) groups is 2. The number of thiazole rings is 1. The van der Waals surface area contributed by atoms with Gasteiger partial charge < -0.3 is 4.74 Å². The molecule has 174 valence electrons. The Bertz CT molecular complexity index is 1390. The van der Waals surface area contributed by atoms with E-state index in [1.165, 1.54) is 15.9 Å². The van der Waals surface area contributed by atoms with Crippen LogP contribution in [0.2, 0.25) is 0 Å². The molecule has 3 aromatic rings. The van der Waals surface area contributed by atoms with Gasteiger partial charge in [-0.25, -0.2) is 9.97 Å². The fourth-order valence-electron chi connectivity index (χ4n) is 4.29. The summed E-state index contributed by atoms with van der Waals surface area (Å²) in [5, 5.41) is 3.34. The monoisotopic (exact) mass is 477 g/mol. The molecule has 0 saturated carbocycles. The Balaban J connectivity index is 1.47. The number of fused-ring (bicyclic) bond motifs is 1. The number of ether oxygens (including phenoxy) is 1. The molecule has 1 atom stereocenters. The van der Waals surface area contributed by atoms with Gasteiger partial charge in [-0.3, -0.25) is 29.2 Å². The van der Waals surface area contributed by atoms with Crippen LogP contribution >= 0.6 is 11.3 Å². The number of piperidine rings is 1. The fraction of sp³-hybridized carbons (Fsp3) is 0.375. The van der Waals surface area contributed by atoms with E-state index in [4.69, 9.17) is 4.74 Å². The highest BCUT2D eigenvalue weighted by Gasteiger charge is 2.30. The van der Waals surface area contributed by atoms with E-state index in [0.717, 1.165) is 37.7 Å². The topological polar surface area (TPSA) is 106 Å². The number of imide groups is 1. The minimum atomic E-state index is -0.773. The van der Waals surface area contributed by atoms with E-state index in [9.17, 15) is 14.4 Å². The number of benzene rings is 1. The number of nitrogens with one attached hydrogen (secondary N) is 1. The Morgan fingerprint density at radius 2 is 2.03 bits per heavy atom. The van der Waals surface area contributed by atoms with Crippen molar-refractivity contribution in [1.82, 2.24) is 24.8 Å². The maximum atomic E-state index is 13.5. The van der Waals surface area contributed by atoms with Gasteiger partial charge in [0.2, 0.25) is 11.8 Å². The van der Waals surface area contributed by atoms with Crippen molar-refractivity contribution in [3.63, 3.8) is 0 Å². The van der Waals surface area contributed by atoms with Gasteiger partial charge in [0.05, 0.1) is 24.1 Å². The van der Waals surface area contributed by atoms with Crippen molar-refractivity contribution in [3.8, 4) is 11.8 Å². The number of aromatic nitrogens is 3. The highest BCUT2D eigenvalue weighted by molar-refractivity contribution is 7.12. The lowest BCUT2D eigenvalue weighted by Crippen LogP contribution is -2.45. The van der Waals surface area contributed by atoms with Crippen molar-refractivity contribution in [3.05, 3.63) is 56.0 Å². The largest absolute Gasteiger partial charge is 0.379 e. The van der Waals surface area contributed by atoms with Gasteiger partial charge in [-0.1, -0.05) is 12.0 Å². The molecule has 1 N–H and O–H groups in total. The second kappa shape index (κ2) is 9.46. The molecule has 1 unspecified atom stereocenters. The Kier molecular flexibility index (Phi) is 6.24. The van der Waals surface area contributed by atoms with E-state index in [1.54, 1.807) is 25.1 Å². The summed E-state index contributed by atoms with van der Waals surface area (Å²) in [4.78, 5) is 49.9. The Morgan fingerprint density at radius 3 is 2.82 bits per heavy atom. The summed E-state index contributed by atoms with van der Waals surface area (Å²) in [6.07, 6.45) is 2.28. The SMILES string of the molecule is Cc1nc2cccc(C#Cc3ncc(CN4CCOCC4)s3)c2c(=O)n1C1CCC(=O)NC1=O. The van der Waals surface area contributed by atoms with Crippen LogP contribution in [-0.2, 0) is 20.9 Å². The Hall–Kier alpha value is -3.39. The van der Waals surface area contributed by atoms with E-state index < -0.39 is 11.9 Å². The van der Waals surface area contributed by atoms with E-state index in [0.29, 0.717) is 27.3 Å². The molecule has 2 aliphatic heterocycles. The number of amides is 2. The van der Waals surface area contributed by atoms with Gasteiger partial charge in [0.1, 0.15) is 11.9 Å². The second-order valence-electron chi connectivity index (χ2n) is 8.27. The molecule has 9 nitrogen and oxygen atoms in total. The summed E-state index contributed by atoms with van der Waals surface area (Å²) < 4.78 is 6.77. The minimum absolute atomic E-state index is 0.179. The zero-order valence-corrected chi connectivity index (χ0v) is 19.5. The van der Waals surface area contributed by atoms with Crippen molar-refractivity contribution < 1.29 is 14.3 Å². The van der Waals surface area contributed by atoms with Crippen molar-refractivity contribution >= 4 is 34.1 Å². The molecule has 0 radical (unpaired) electrons. The number of hydrogen-bond donors (Lipinski definition) is 1. The molecule has 0 bridgehead atoms. The van der Waals surface area contributed by atoms with Gasteiger partial charge in [0, 0.05) is 42.7 Å². The molecule has 10 heteroatoms.